The lowest BCUT2D eigenvalue weighted by Crippen LogP contribution is -2.04. The van der Waals surface area contributed by atoms with Crippen molar-refractivity contribution in [3.8, 4) is 0 Å². The van der Waals surface area contributed by atoms with Crippen LogP contribution in [0.4, 0.5) is 5.69 Å². The van der Waals surface area contributed by atoms with Crippen LogP contribution in [-0.4, -0.2) is 16.1 Å². The van der Waals surface area contributed by atoms with Gasteiger partial charge in [0.1, 0.15) is 0 Å². The summed E-state index contributed by atoms with van der Waals surface area (Å²) in [7, 11) is 0. The Kier molecular flexibility index (Phi) is 2.28. The van der Waals surface area contributed by atoms with Crippen molar-refractivity contribution in [1.29, 1.82) is 0 Å². The normalized spacial score (nSPS) is 9.75. The van der Waals surface area contributed by atoms with Gasteiger partial charge in [-0.15, -0.1) is 0 Å². The number of nitrogens with zero attached hydrogens (tertiary/aromatic N) is 1. The van der Waals surface area contributed by atoms with Crippen LogP contribution in [0.15, 0.2) is 12.3 Å². The average molecular weight is 166 g/mol. The van der Waals surface area contributed by atoms with Crippen molar-refractivity contribution in [1.82, 2.24) is 4.98 Å². The summed E-state index contributed by atoms with van der Waals surface area (Å²) in [5.74, 6) is -0.882. The van der Waals surface area contributed by atoms with Gasteiger partial charge in [0.2, 0.25) is 0 Å². The van der Waals surface area contributed by atoms with E-state index in [1.807, 2.05) is 0 Å². The molecule has 4 nitrogen and oxygen atoms in total. The lowest BCUT2D eigenvalue weighted by Gasteiger charge is -2.02. The zero-order valence-corrected chi connectivity index (χ0v) is 6.74. The Bertz CT molecular complexity index is 310. The third-order valence-corrected chi connectivity index (χ3v) is 1.50. The maximum absolute atomic E-state index is 10.4. The Labute approximate surface area is 70.0 Å². The summed E-state index contributed by atoms with van der Waals surface area (Å²) in [6.07, 6.45) is 1.43. The van der Waals surface area contributed by atoms with Gasteiger partial charge < -0.3 is 10.8 Å². The summed E-state index contributed by atoms with van der Waals surface area (Å²) in [6.45, 7) is 1.80. The number of nitrogens with two attached hydrogens (primary N) is 1. The molecule has 4 heteroatoms. The van der Waals surface area contributed by atoms with Gasteiger partial charge in [-0.25, -0.2) is 0 Å². The highest BCUT2D eigenvalue weighted by Gasteiger charge is 2.04. The SMILES string of the molecule is Cc1cc(CC(=O)O)c(N)cn1. The number of hydrogen-bond acceptors (Lipinski definition) is 3. The van der Waals surface area contributed by atoms with Crippen LogP contribution >= 0.6 is 0 Å². The molecule has 1 rings (SSSR count). The third-order valence-electron chi connectivity index (χ3n) is 1.50. The first-order chi connectivity index (χ1) is 5.59. The Hall–Kier alpha value is -1.58. The van der Waals surface area contributed by atoms with Crippen molar-refractivity contribution >= 4 is 11.7 Å². The predicted molar refractivity (Wildman–Crippen MR) is 44.7 cm³/mol. The smallest absolute Gasteiger partial charge is 0.307 e. The van der Waals surface area contributed by atoms with Crippen LogP contribution in [0.5, 0.6) is 0 Å². The molecule has 64 valence electrons. The minimum absolute atomic E-state index is 0.0464. The number of anilines is 1. The molecular formula is C8H10N2O2. The second-order valence-electron chi connectivity index (χ2n) is 2.60. The van der Waals surface area contributed by atoms with Gasteiger partial charge in [0.15, 0.2) is 0 Å². The number of pyridine rings is 1. The van der Waals surface area contributed by atoms with Crippen molar-refractivity contribution < 1.29 is 9.90 Å². The van der Waals surface area contributed by atoms with E-state index < -0.39 is 5.97 Å². The number of carboxylic acid groups (broad SMARTS) is 1. The monoisotopic (exact) mass is 166 g/mol. The van der Waals surface area contributed by atoms with Gasteiger partial charge in [-0.3, -0.25) is 9.78 Å². The zero-order chi connectivity index (χ0) is 9.14. The first-order valence-corrected chi connectivity index (χ1v) is 3.52. The van der Waals surface area contributed by atoms with E-state index >= 15 is 0 Å². The minimum Gasteiger partial charge on any atom is -0.481 e. The van der Waals surface area contributed by atoms with Crippen LogP contribution < -0.4 is 5.73 Å². The maximum atomic E-state index is 10.4. The van der Waals surface area contributed by atoms with Gasteiger partial charge in [-0.1, -0.05) is 0 Å². The lowest BCUT2D eigenvalue weighted by atomic mass is 10.1. The fourth-order valence-corrected chi connectivity index (χ4v) is 0.943. The molecule has 3 N–H and O–H groups in total. The first kappa shape index (κ1) is 8.52. The van der Waals surface area contributed by atoms with Gasteiger partial charge in [0.05, 0.1) is 18.3 Å². The summed E-state index contributed by atoms with van der Waals surface area (Å²) in [4.78, 5) is 14.3. The number of rotatable bonds is 2. The molecule has 0 bridgehead atoms. The molecule has 0 spiro atoms. The van der Waals surface area contributed by atoms with Crippen LogP contribution in [0.1, 0.15) is 11.3 Å². The van der Waals surface area contributed by atoms with Gasteiger partial charge in [0, 0.05) is 5.69 Å². The Morgan fingerprint density at radius 3 is 3.00 bits per heavy atom. The van der Waals surface area contributed by atoms with Crippen molar-refractivity contribution in [3.63, 3.8) is 0 Å². The number of nitrogen functional groups attached to an aromatic ring is 1. The van der Waals surface area contributed by atoms with Crippen molar-refractivity contribution in [2.24, 2.45) is 0 Å². The highest BCUT2D eigenvalue weighted by atomic mass is 16.4. The summed E-state index contributed by atoms with van der Waals surface area (Å²) in [5, 5.41) is 8.51. The van der Waals surface area contributed by atoms with Crippen LogP contribution in [0.2, 0.25) is 0 Å². The molecule has 12 heavy (non-hydrogen) atoms. The molecule has 0 radical (unpaired) electrons. The maximum Gasteiger partial charge on any atom is 0.307 e. The lowest BCUT2D eigenvalue weighted by molar-refractivity contribution is -0.136. The fourth-order valence-electron chi connectivity index (χ4n) is 0.943. The second kappa shape index (κ2) is 3.21. The van der Waals surface area contributed by atoms with Crippen molar-refractivity contribution in [2.75, 3.05) is 5.73 Å². The molecule has 0 fully saturated rings. The zero-order valence-electron chi connectivity index (χ0n) is 6.74. The Morgan fingerprint density at radius 2 is 2.42 bits per heavy atom. The molecule has 0 atom stereocenters. The van der Waals surface area contributed by atoms with Crippen LogP contribution in [0, 0.1) is 6.92 Å². The largest absolute Gasteiger partial charge is 0.481 e. The first-order valence-electron chi connectivity index (χ1n) is 3.52. The van der Waals surface area contributed by atoms with E-state index in [0.29, 0.717) is 11.3 Å². The summed E-state index contributed by atoms with van der Waals surface area (Å²) < 4.78 is 0. The molecule has 0 unspecified atom stereocenters. The van der Waals surface area contributed by atoms with Gasteiger partial charge in [-0.05, 0) is 18.6 Å². The third kappa shape index (κ3) is 1.95. The molecule has 0 aliphatic carbocycles. The number of carbonyl (C=O) groups is 1. The molecule has 0 aliphatic rings. The number of aromatic nitrogens is 1. The summed E-state index contributed by atoms with van der Waals surface area (Å²) >= 11 is 0. The molecule has 0 saturated heterocycles. The molecule has 0 saturated carbocycles. The van der Waals surface area contributed by atoms with Crippen molar-refractivity contribution in [3.05, 3.63) is 23.5 Å². The van der Waals surface area contributed by atoms with Gasteiger partial charge >= 0.3 is 5.97 Å². The fraction of sp³-hybridized carbons (Fsp3) is 0.250. The van der Waals surface area contributed by atoms with E-state index in [9.17, 15) is 4.79 Å². The molecule has 0 aliphatic heterocycles. The van der Waals surface area contributed by atoms with E-state index in [1.54, 1.807) is 13.0 Å². The highest BCUT2D eigenvalue weighted by molar-refractivity contribution is 5.72. The van der Waals surface area contributed by atoms with E-state index in [2.05, 4.69) is 4.98 Å². The minimum atomic E-state index is -0.882. The van der Waals surface area contributed by atoms with Crippen LogP contribution in [-0.2, 0) is 11.2 Å². The average Bonchev–Trinajstić information content (AvgIpc) is 1.96. The van der Waals surface area contributed by atoms with E-state index in [1.165, 1.54) is 6.20 Å². The van der Waals surface area contributed by atoms with E-state index in [0.717, 1.165) is 5.69 Å². The standard InChI is InChI=1S/C8H10N2O2/c1-5-2-6(3-8(11)12)7(9)4-10-5/h2,4H,3,9H2,1H3,(H,11,12). The molecular weight excluding hydrogens is 156 g/mol. The number of aliphatic carboxylic acids is 1. The van der Waals surface area contributed by atoms with E-state index in [-0.39, 0.29) is 6.42 Å². The Balaban J connectivity index is 2.97. The molecule has 0 aromatic carbocycles. The second-order valence-corrected chi connectivity index (χ2v) is 2.60. The molecule has 1 heterocycles. The summed E-state index contributed by atoms with van der Waals surface area (Å²) in [5.41, 5.74) is 7.34. The number of carboxylic acids is 1. The molecule has 1 aromatic rings. The van der Waals surface area contributed by atoms with Gasteiger partial charge in [0.25, 0.3) is 0 Å². The molecule has 0 amide bonds. The predicted octanol–water partition coefficient (Wildman–Crippen LogP) is 0.599. The van der Waals surface area contributed by atoms with Crippen LogP contribution in [0.25, 0.3) is 0 Å². The van der Waals surface area contributed by atoms with Gasteiger partial charge in [-0.2, -0.15) is 0 Å². The summed E-state index contributed by atoms with van der Waals surface area (Å²) in [6, 6.07) is 1.68. The van der Waals surface area contributed by atoms with Crippen molar-refractivity contribution in [2.45, 2.75) is 13.3 Å². The Morgan fingerprint density at radius 1 is 1.75 bits per heavy atom. The number of hydrogen-bond donors (Lipinski definition) is 2. The number of aryl methyl sites for hydroxylation is 1. The van der Waals surface area contributed by atoms with Crippen LogP contribution in [0.3, 0.4) is 0 Å². The topological polar surface area (TPSA) is 76.2 Å². The molecule has 1 aromatic heterocycles. The quantitative estimate of drug-likeness (QED) is 0.674. The highest BCUT2D eigenvalue weighted by Crippen LogP contribution is 2.11. The van der Waals surface area contributed by atoms with E-state index in [4.69, 9.17) is 10.8 Å².